The molecule has 3 aromatic rings. The second-order valence-corrected chi connectivity index (χ2v) is 5.67. The molecule has 0 saturated heterocycles. The van der Waals surface area contributed by atoms with Gasteiger partial charge >= 0.3 is 11.8 Å². The molecule has 0 aliphatic heterocycles. The Labute approximate surface area is 140 Å². The lowest BCUT2D eigenvalue weighted by Crippen LogP contribution is -2.30. The van der Waals surface area contributed by atoms with E-state index >= 15 is 0 Å². The van der Waals surface area contributed by atoms with Gasteiger partial charge in [-0.05, 0) is 50.6 Å². The molecule has 24 heavy (non-hydrogen) atoms. The summed E-state index contributed by atoms with van der Waals surface area (Å²) in [6.07, 6.45) is 0. The van der Waals surface area contributed by atoms with E-state index in [-0.39, 0.29) is 11.8 Å². The van der Waals surface area contributed by atoms with Gasteiger partial charge < -0.3 is 9.32 Å². The van der Waals surface area contributed by atoms with Gasteiger partial charge in [-0.3, -0.25) is 4.79 Å². The van der Waals surface area contributed by atoms with Crippen molar-refractivity contribution in [2.75, 3.05) is 11.4 Å². The molecule has 5 heteroatoms. The molecule has 0 saturated carbocycles. The molecule has 122 valence electrons. The Morgan fingerprint density at radius 2 is 1.79 bits per heavy atom. The average molecular weight is 321 g/mol. The Morgan fingerprint density at radius 3 is 2.46 bits per heavy atom. The highest BCUT2D eigenvalue weighted by atomic mass is 16.4. The number of hydrogen-bond acceptors (Lipinski definition) is 4. The molecule has 0 aliphatic rings. The molecule has 1 aromatic heterocycles. The van der Waals surface area contributed by atoms with E-state index in [1.807, 2.05) is 69.3 Å². The summed E-state index contributed by atoms with van der Waals surface area (Å²) in [7, 11) is 0. The number of aromatic nitrogens is 2. The normalized spacial score (nSPS) is 10.6. The summed E-state index contributed by atoms with van der Waals surface area (Å²) in [5.41, 5.74) is 3.85. The molecular formula is C19H19N3O2. The summed E-state index contributed by atoms with van der Waals surface area (Å²) in [6.45, 7) is 6.43. The highest BCUT2D eigenvalue weighted by Gasteiger charge is 2.22. The van der Waals surface area contributed by atoms with Crippen molar-refractivity contribution in [1.29, 1.82) is 0 Å². The molecule has 0 radical (unpaired) electrons. The average Bonchev–Trinajstić information content (AvgIpc) is 3.06. The summed E-state index contributed by atoms with van der Waals surface area (Å²) in [4.78, 5) is 14.3. The first-order valence-corrected chi connectivity index (χ1v) is 7.87. The molecule has 3 rings (SSSR count). The van der Waals surface area contributed by atoms with Crippen molar-refractivity contribution < 1.29 is 9.21 Å². The van der Waals surface area contributed by atoms with Gasteiger partial charge in [-0.2, -0.15) is 0 Å². The van der Waals surface area contributed by atoms with E-state index in [2.05, 4.69) is 10.2 Å². The number of carbonyl (C=O) groups excluding carboxylic acids is 1. The number of benzene rings is 2. The van der Waals surface area contributed by atoms with Gasteiger partial charge in [-0.1, -0.05) is 29.8 Å². The Balaban J connectivity index is 1.88. The molecule has 0 fully saturated rings. The van der Waals surface area contributed by atoms with Crippen molar-refractivity contribution in [2.24, 2.45) is 0 Å². The van der Waals surface area contributed by atoms with Gasteiger partial charge in [0, 0.05) is 17.8 Å². The zero-order valence-electron chi connectivity index (χ0n) is 14.0. The van der Waals surface area contributed by atoms with Crippen molar-refractivity contribution in [1.82, 2.24) is 10.2 Å². The third-order valence-electron chi connectivity index (χ3n) is 3.78. The van der Waals surface area contributed by atoms with E-state index < -0.39 is 0 Å². The van der Waals surface area contributed by atoms with Gasteiger partial charge in [0.05, 0.1) is 0 Å². The van der Waals surface area contributed by atoms with Crippen molar-refractivity contribution in [3.63, 3.8) is 0 Å². The number of anilines is 1. The fraction of sp³-hybridized carbons (Fsp3) is 0.211. The van der Waals surface area contributed by atoms with E-state index in [9.17, 15) is 4.79 Å². The maximum atomic E-state index is 12.7. The maximum Gasteiger partial charge on any atom is 0.315 e. The Hall–Kier alpha value is -2.95. The van der Waals surface area contributed by atoms with Crippen LogP contribution >= 0.6 is 0 Å². The van der Waals surface area contributed by atoms with Crippen LogP contribution in [0.25, 0.3) is 11.5 Å². The molecule has 0 aliphatic carbocycles. The molecular weight excluding hydrogens is 302 g/mol. The minimum absolute atomic E-state index is 0.00562. The van der Waals surface area contributed by atoms with Gasteiger partial charge in [0.15, 0.2) is 0 Å². The quantitative estimate of drug-likeness (QED) is 0.728. The van der Waals surface area contributed by atoms with Crippen LogP contribution in [-0.4, -0.2) is 22.6 Å². The zero-order chi connectivity index (χ0) is 17.1. The molecule has 0 bridgehead atoms. The first kappa shape index (κ1) is 15.9. The zero-order valence-corrected chi connectivity index (χ0v) is 14.0. The van der Waals surface area contributed by atoms with Crippen molar-refractivity contribution in [3.05, 3.63) is 65.5 Å². The molecule has 5 nitrogen and oxygen atoms in total. The largest absolute Gasteiger partial charge is 0.412 e. The van der Waals surface area contributed by atoms with Crippen LogP contribution in [0.1, 0.15) is 28.7 Å². The summed E-state index contributed by atoms with van der Waals surface area (Å²) >= 11 is 0. The van der Waals surface area contributed by atoms with E-state index in [0.29, 0.717) is 12.4 Å². The van der Waals surface area contributed by atoms with E-state index in [1.165, 1.54) is 0 Å². The molecule has 1 heterocycles. The van der Waals surface area contributed by atoms with Crippen LogP contribution in [-0.2, 0) is 0 Å². The number of amides is 1. The Morgan fingerprint density at radius 1 is 1.04 bits per heavy atom. The van der Waals surface area contributed by atoms with Crippen molar-refractivity contribution in [3.8, 4) is 11.5 Å². The van der Waals surface area contributed by atoms with Crippen LogP contribution in [0.3, 0.4) is 0 Å². The van der Waals surface area contributed by atoms with E-state index in [4.69, 9.17) is 4.42 Å². The summed E-state index contributed by atoms with van der Waals surface area (Å²) in [5, 5.41) is 7.92. The highest BCUT2D eigenvalue weighted by Crippen LogP contribution is 2.21. The SMILES string of the molecule is CCN(C(=O)c1nnc(-c2ccc(C)cc2)o1)c1cccc(C)c1. The fourth-order valence-electron chi connectivity index (χ4n) is 2.48. The minimum atomic E-state index is -0.297. The first-order chi connectivity index (χ1) is 11.6. The van der Waals surface area contributed by atoms with Gasteiger partial charge in [-0.25, -0.2) is 0 Å². The number of hydrogen-bond donors (Lipinski definition) is 0. The second-order valence-electron chi connectivity index (χ2n) is 5.67. The fourth-order valence-corrected chi connectivity index (χ4v) is 2.48. The highest BCUT2D eigenvalue weighted by molar-refractivity contribution is 6.03. The van der Waals surface area contributed by atoms with Gasteiger partial charge in [0.25, 0.3) is 0 Å². The molecule has 2 aromatic carbocycles. The van der Waals surface area contributed by atoms with Crippen LogP contribution < -0.4 is 4.90 Å². The number of carbonyl (C=O) groups is 1. The maximum absolute atomic E-state index is 12.7. The minimum Gasteiger partial charge on any atom is -0.412 e. The smallest absolute Gasteiger partial charge is 0.315 e. The predicted molar refractivity (Wildman–Crippen MR) is 93.0 cm³/mol. The lowest BCUT2D eigenvalue weighted by atomic mass is 10.1. The summed E-state index contributed by atoms with van der Waals surface area (Å²) in [5.74, 6) is 0.0431. The number of rotatable bonds is 4. The van der Waals surface area contributed by atoms with Crippen LogP contribution in [0.15, 0.2) is 52.9 Å². The second kappa shape index (κ2) is 6.66. The molecule has 0 unspecified atom stereocenters. The molecule has 0 spiro atoms. The lowest BCUT2D eigenvalue weighted by Gasteiger charge is -2.19. The van der Waals surface area contributed by atoms with Gasteiger partial charge in [0.1, 0.15) is 0 Å². The standard InChI is InChI=1S/C19H19N3O2/c1-4-22(16-7-5-6-14(3)12-16)19(23)18-21-20-17(24-18)15-10-8-13(2)9-11-15/h5-12H,4H2,1-3H3. The molecule has 0 N–H and O–H groups in total. The van der Waals surface area contributed by atoms with Crippen molar-refractivity contribution >= 4 is 11.6 Å². The van der Waals surface area contributed by atoms with E-state index in [1.54, 1.807) is 4.90 Å². The summed E-state index contributed by atoms with van der Waals surface area (Å²) in [6, 6.07) is 15.5. The first-order valence-electron chi connectivity index (χ1n) is 7.87. The summed E-state index contributed by atoms with van der Waals surface area (Å²) < 4.78 is 5.59. The van der Waals surface area contributed by atoms with Crippen LogP contribution in [0.2, 0.25) is 0 Å². The topological polar surface area (TPSA) is 59.2 Å². The Bertz CT molecular complexity index is 853. The van der Waals surface area contributed by atoms with Crippen LogP contribution in [0.5, 0.6) is 0 Å². The molecule has 1 amide bonds. The Kier molecular flexibility index (Phi) is 4.42. The van der Waals surface area contributed by atoms with Crippen molar-refractivity contribution in [2.45, 2.75) is 20.8 Å². The lowest BCUT2D eigenvalue weighted by molar-refractivity contribution is 0.0955. The third-order valence-corrected chi connectivity index (χ3v) is 3.78. The van der Waals surface area contributed by atoms with Crippen LogP contribution in [0.4, 0.5) is 5.69 Å². The monoisotopic (exact) mass is 321 g/mol. The van der Waals surface area contributed by atoms with Gasteiger partial charge in [0.2, 0.25) is 5.89 Å². The molecule has 0 atom stereocenters. The van der Waals surface area contributed by atoms with E-state index in [0.717, 1.165) is 22.4 Å². The number of aryl methyl sites for hydroxylation is 2. The van der Waals surface area contributed by atoms with Crippen LogP contribution in [0, 0.1) is 13.8 Å². The van der Waals surface area contributed by atoms with Gasteiger partial charge in [-0.15, -0.1) is 10.2 Å². The predicted octanol–water partition coefficient (Wildman–Crippen LogP) is 4.02. The number of nitrogens with zero attached hydrogens (tertiary/aromatic N) is 3. The third kappa shape index (κ3) is 3.20.